The van der Waals surface area contributed by atoms with E-state index in [0.717, 1.165) is 32.1 Å². The first-order valence-corrected chi connectivity index (χ1v) is 9.28. The molecule has 2 nitrogen and oxygen atoms in total. The SMILES string of the molecule is CCCCC1(O)C[C@H](c2ccccc2)[NH+](C)[C@@H](c2ccccc2)C1. The molecule has 1 heterocycles. The Kier molecular flexibility index (Phi) is 5.37. The first-order valence-electron chi connectivity index (χ1n) is 9.28. The quantitative estimate of drug-likeness (QED) is 0.861. The summed E-state index contributed by atoms with van der Waals surface area (Å²) in [6, 6.07) is 22.1. The Morgan fingerprint density at radius 3 is 1.79 bits per heavy atom. The van der Waals surface area contributed by atoms with Gasteiger partial charge in [0, 0.05) is 24.0 Å². The molecular weight excluding hydrogens is 294 g/mol. The Balaban J connectivity index is 1.94. The molecule has 0 aromatic heterocycles. The van der Waals surface area contributed by atoms with Gasteiger partial charge in [-0.15, -0.1) is 0 Å². The number of nitrogens with one attached hydrogen (secondary N) is 1. The molecule has 2 aromatic rings. The van der Waals surface area contributed by atoms with Gasteiger partial charge in [0.1, 0.15) is 12.1 Å². The highest BCUT2D eigenvalue weighted by Crippen LogP contribution is 2.37. The number of unbranched alkanes of at least 4 members (excludes halogenated alkanes) is 1. The van der Waals surface area contributed by atoms with Crippen molar-refractivity contribution in [3.8, 4) is 0 Å². The third-order valence-electron chi connectivity index (χ3n) is 5.67. The van der Waals surface area contributed by atoms with Gasteiger partial charge in [-0.25, -0.2) is 0 Å². The summed E-state index contributed by atoms with van der Waals surface area (Å²) in [5.41, 5.74) is 2.12. The Labute approximate surface area is 146 Å². The first kappa shape index (κ1) is 17.2. The lowest BCUT2D eigenvalue weighted by atomic mass is 9.75. The lowest BCUT2D eigenvalue weighted by Gasteiger charge is -2.45. The molecule has 0 aliphatic carbocycles. The van der Waals surface area contributed by atoms with Crippen molar-refractivity contribution in [3.05, 3.63) is 71.8 Å². The monoisotopic (exact) mass is 324 g/mol. The predicted octanol–water partition coefficient (Wildman–Crippen LogP) is 3.70. The molecule has 0 bridgehead atoms. The first-order chi connectivity index (χ1) is 11.6. The fourth-order valence-corrected chi connectivity index (χ4v) is 4.25. The van der Waals surface area contributed by atoms with Crippen molar-refractivity contribution in [1.29, 1.82) is 0 Å². The Bertz CT molecular complexity index is 575. The number of rotatable bonds is 5. The van der Waals surface area contributed by atoms with Crippen LogP contribution in [-0.2, 0) is 0 Å². The van der Waals surface area contributed by atoms with E-state index in [1.54, 1.807) is 0 Å². The third kappa shape index (κ3) is 3.71. The zero-order valence-corrected chi connectivity index (χ0v) is 14.9. The summed E-state index contributed by atoms with van der Waals surface area (Å²) >= 11 is 0. The van der Waals surface area contributed by atoms with Gasteiger partial charge in [-0.05, 0) is 6.42 Å². The lowest BCUT2D eigenvalue weighted by Crippen LogP contribution is -3.11. The molecule has 0 saturated carbocycles. The van der Waals surface area contributed by atoms with E-state index < -0.39 is 5.60 Å². The van der Waals surface area contributed by atoms with Crippen LogP contribution >= 0.6 is 0 Å². The van der Waals surface area contributed by atoms with Crippen molar-refractivity contribution in [2.45, 2.75) is 56.7 Å². The van der Waals surface area contributed by atoms with E-state index in [0.29, 0.717) is 12.1 Å². The van der Waals surface area contributed by atoms with Crippen molar-refractivity contribution in [1.82, 2.24) is 0 Å². The average molecular weight is 324 g/mol. The molecule has 1 aliphatic heterocycles. The van der Waals surface area contributed by atoms with Gasteiger partial charge in [0.05, 0.1) is 12.6 Å². The van der Waals surface area contributed by atoms with Gasteiger partial charge in [0.25, 0.3) is 0 Å². The van der Waals surface area contributed by atoms with E-state index in [-0.39, 0.29) is 0 Å². The van der Waals surface area contributed by atoms with Crippen LogP contribution in [0.2, 0.25) is 0 Å². The molecule has 1 aliphatic rings. The zero-order chi connectivity index (χ0) is 17.0. The second-order valence-corrected chi connectivity index (χ2v) is 7.41. The van der Waals surface area contributed by atoms with Crippen LogP contribution in [-0.4, -0.2) is 17.8 Å². The van der Waals surface area contributed by atoms with Crippen LogP contribution in [0.3, 0.4) is 0 Å². The number of likely N-dealkylation sites (tertiary alicyclic amines) is 1. The minimum absolute atomic E-state index is 0.340. The Morgan fingerprint density at radius 1 is 0.917 bits per heavy atom. The Hall–Kier alpha value is -1.64. The third-order valence-corrected chi connectivity index (χ3v) is 5.67. The molecule has 0 unspecified atom stereocenters. The molecule has 3 rings (SSSR count). The summed E-state index contributed by atoms with van der Waals surface area (Å²) in [6.07, 6.45) is 4.84. The van der Waals surface area contributed by atoms with Gasteiger partial charge >= 0.3 is 0 Å². The fourth-order valence-electron chi connectivity index (χ4n) is 4.25. The fraction of sp³-hybridized carbons (Fsp3) is 0.455. The molecule has 24 heavy (non-hydrogen) atoms. The van der Waals surface area contributed by atoms with Gasteiger partial charge < -0.3 is 10.0 Å². The van der Waals surface area contributed by atoms with Crippen molar-refractivity contribution >= 4 is 0 Å². The van der Waals surface area contributed by atoms with E-state index in [2.05, 4.69) is 74.6 Å². The highest BCUT2D eigenvalue weighted by Gasteiger charge is 2.45. The van der Waals surface area contributed by atoms with Crippen LogP contribution in [0, 0.1) is 0 Å². The minimum Gasteiger partial charge on any atom is -0.389 e. The van der Waals surface area contributed by atoms with Crippen molar-refractivity contribution in [2.75, 3.05) is 7.05 Å². The zero-order valence-electron chi connectivity index (χ0n) is 14.9. The highest BCUT2D eigenvalue weighted by molar-refractivity contribution is 5.22. The topological polar surface area (TPSA) is 24.7 Å². The molecular formula is C22H30NO+. The largest absolute Gasteiger partial charge is 0.389 e. The van der Waals surface area contributed by atoms with Crippen LogP contribution in [0.5, 0.6) is 0 Å². The van der Waals surface area contributed by atoms with Crippen molar-refractivity contribution in [3.63, 3.8) is 0 Å². The standard InChI is InChI=1S/C22H29NO/c1-3-4-15-22(24)16-20(18-11-7-5-8-12-18)23(2)21(17-22)19-13-9-6-10-14-19/h5-14,20-21,24H,3-4,15-17H2,1-2H3/p+1/t20-,21-/m1/s1. The van der Waals surface area contributed by atoms with Crippen LogP contribution in [0.4, 0.5) is 0 Å². The maximum atomic E-state index is 11.4. The normalized spacial score (nSPS) is 30.2. The molecule has 0 spiro atoms. The predicted molar refractivity (Wildman–Crippen MR) is 99.0 cm³/mol. The molecule has 0 amide bonds. The molecule has 0 radical (unpaired) electrons. The van der Waals surface area contributed by atoms with Crippen LogP contribution in [0.25, 0.3) is 0 Å². The number of hydrogen-bond donors (Lipinski definition) is 2. The van der Waals surface area contributed by atoms with Gasteiger partial charge in [-0.1, -0.05) is 80.4 Å². The van der Waals surface area contributed by atoms with Crippen molar-refractivity contribution < 1.29 is 10.0 Å². The maximum absolute atomic E-state index is 11.4. The molecule has 128 valence electrons. The van der Waals surface area contributed by atoms with Crippen LogP contribution in [0.15, 0.2) is 60.7 Å². The molecule has 2 N–H and O–H groups in total. The van der Waals surface area contributed by atoms with Crippen LogP contribution < -0.4 is 4.90 Å². The number of benzene rings is 2. The van der Waals surface area contributed by atoms with Crippen LogP contribution in [0.1, 0.15) is 62.2 Å². The van der Waals surface area contributed by atoms with E-state index >= 15 is 0 Å². The molecule has 1 saturated heterocycles. The van der Waals surface area contributed by atoms with E-state index in [4.69, 9.17) is 0 Å². The minimum atomic E-state index is -0.559. The second kappa shape index (κ2) is 7.50. The summed E-state index contributed by atoms with van der Waals surface area (Å²) in [6.45, 7) is 2.20. The van der Waals surface area contributed by atoms with E-state index in [9.17, 15) is 5.11 Å². The number of quaternary nitrogens is 1. The average Bonchev–Trinajstić information content (AvgIpc) is 2.63. The second-order valence-electron chi connectivity index (χ2n) is 7.41. The van der Waals surface area contributed by atoms with Crippen molar-refractivity contribution in [2.24, 2.45) is 0 Å². The van der Waals surface area contributed by atoms with Gasteiger partial charge in [0.15, 0.2) is 0 Å². The summed E-state index contributed by atoms with van der Waals surface area (Å²) in [4.78, 5) is 1.49. The lowest BCUT2D eigenvalue weighted by molar-refractivity contribution is -0.952. The molecule has 2 atom stereocenters. The Morgan fingerprint density at radius 2 is 1.38 bits per heavy atom. The number of piperidine rings is 1. The summed E-state index contributed by atoms with van der Waals surface area (Å²) < 4.78 is 0. The van der Waals surface area contributed by atoms with Gasteiger partial charge in [-0.3, -0.25) is 0 Å². The molecule has 2 heteroatoms. The van der Waals surface area contributed by atoms with Gasteiger partial charge in [-0.2, -0.15) is 0 Å². The number of aliphatic hydroxyl groups is 1. The smallest absolute Gasteiger partial charge is 0.116 e. The summed E-state index contributed by atoms with van der Waals surface area (Å²) in [5.74, 6) is 0. The summed E-state index contributed by atoms with van der Waals surface area (Å²) in [5, 5.41) is 11.4. The number of hydrogen-bond acceptors (Lipinski definition) is 1. The highest BCUT2D eigenvalue weighted by atomic mass is 16.3. The van der Waals surface area contributed by atoms with E-state index in [1.807, 2.05) is 0 Å². The molecule has 1 fully saturated rings. The molecule has 2 aromatic carbocycles. The van der Waals surface area contributed by atoms with E-state index in [1.165, 1.54) is 16.0 Å². The maximum Gasteiger partial charge on any atom is 0.116 e. The van der Waals surface area contributed by atoms with Gasteiger partial charge in [0.2, 0.25) is 0 Å². The summed E-state index contributed by atoms with van der Waals surface area (Å²) in [7, 11) is 2.29.